The van der Waals surface area contributed by atoms with Crippen LogP contribution in [0.2, 0.25) is 0 Å². The molecule has 0 saturated carbocycles. The molecule has 0 fully saturated rings. The average Bonchev–Trinajstić information content (AvgIpc) is 2.23. The summed E-state index contributed by atoms with van der Waals surface area (Å²) in [5, 5.41) is -1.65. The second-order valence-corrected chi connectivity index (χ2v) is 5.95. The van der Waals surface area contributed by atoms with Crippen LogP contribution in [0.25, 0.3) is 0 Å². The Morgan fingerprint density at radius 1 is 1.24 bits per heavy atom. The van der Waals surface area contributed by atoms with E-state index in [4.69, 9.17) is 16.4 Å². The number of ether oxygens (including phenoxy) is 1. The molecule has 5 nitrogen and oxygen atoms in total. The van der Waals surface area contributed by atoms with Gasteiger partial charge in [-0.1, -0.05) is 0 Å². The van der Waals surface area contributed by atoms with Crippen LogP contribution in [0, 0.1) is 0 Å². The van der Waals surface area contributed by atoms with Crippen molar-refractivity contribution in [1.29, 1.82) is 0 Å². The van der Waals surface area contributed by atoms with Gasteiger partial charge in [-0.2, -0.15) is 13.2 Å². The largest absolute Gasteiger partial charge is 0.573 e. The van der Waals surface area contributed by atoms with Crippen molar-refractivity contribution in [2.75, 3.05) is 0 Å². The van der Waals surface area contributed by atoms with E-state index in [0.29, 0.717) is 0 Å². The highest BCUT2D eigenvalue weighted by Crippen LogP contribution is 2.38. The van der Waals surface area contributed by atoms with Crippen LogP contribution in [0.1, 0.15) is 11.3 Å². The minimum Gasteiger partial charge on any atom is -0.404 e. The molecule has 0 saturated heterocycles. The lowest BCUT2D eigenvalue weighted by molar-refractivity contribution is -0.275. The zero-order valence-electron chi connectivity index (χ0n) is 9.59. The van der Waals surface area contributed by atoms with Crippen molar-refractivity contribution < 1.29 is 39.5 Å². The predicted molar refractivity (Wildman–Crippen MR) is 56.9 cm³/mol. The zero-order chi connectivity index (χ0) is 16.6. The number of nitrogens with two attached hydrogens (primary N) is 1. The molecule has 13 heteroatoms. The topological polar surface area (TPSA) is 82.3 Å². The van der Waals surface area contributed by atoms with Crippen LogP contribution in [0.5, 0.6) is 5.75 Å². The van der Waals surface area contributed by atoms with Gasteiger partial charge in [0, 0.05) is 17.2 Å². The smallest absolute Gasteiger partial charge is 0.404 e. The Kier molecular flexibility index (Phi) is 4.65. The monoisotopic (exact) mass is 358 g/mol. The van der Waals surface area contributed by atoms with E-state index in [1.165, 1.54) is 0 Å². The molecular formula is C8H5ClF6N2O3S. The van der Waals surface area contributed by atoms with Crippen molar-refractivity contribution in [2.24, 2.45) is 5.73 Å². The van der Waals surface area contributed by atoms with E-state index in [-0.39, 0.29) is 6.07 Å². The van der Waals surface area contributed by atoms with Crippen LogP contribution < -0.4 is 10.5 Å². The van der Waals surface area contributed by atoms with Gasteiger partial charge in [-0.15, -0.1) is 13.2 Å². The van der Waals surface area contributed by atoms with Gasteiger partial charge in [0.2, 0.25) is 0 Å². The molecule has 0 aliphatic carbocycles. The first kappa shape index (κ1) is 17.8. The lowest BCUT2D eigenvalue weighted by atomic mass is 10.2. The molecule has 1 aromatic heterocycles. The van der Waals surface area contributed by atoms with E-state index in [1.54, 1.807) is 0 Å². The number of hydrogen-bond acceptors (Lipinski definition) is 5. The second kappa shape index (κ2) is 5.50. The van der Waals surface area contributed by atoms with Gasteiger partial charge in [-0.25, -0.2) is 13.4 Å². The molecule has 1 heterocycles. The van der Waals surface area contributed by atoms with Crippen molar-refractivity contribution >= 4 is 19.7 Å². The third kappa shape index (κ3) is 4.61. The molecule has 0 bridgehead atoms. The zero-order valence-corrected chi connectivity index (χ0v) is 11.2. The molecule has 0 amide bonds. The Hall–Kier alpha value is -1.27. The highest BCUT2D eigenvalue weighted by molar-refractivity contribution is 8.13. The van der Waals surface area contributed by atoms with E-state index in [2.05, 4.69) is 9.72 Å². The Morgan fingerprint density at radius 3 is 2.10 bits per heavy atom. The van der Waals surface area contributed by atoms with Gasteiger partial charge in [0.05, 0.1) is 11.3 Å². The number of aromatic nitrogens is 1. The highest BCUT2D eigenvalue weighted by Gasteiger charge is 2.41. The first-order valence-electron chi connectivity index (χ1n) is 4.77. The fourth-order valence-corrected chi connectivity index (χ4v) is 2.27. The van der Waals surface area contributed by atoms with E-state index < -0.39 is 50.2 Å². The van der Waals surface area contributed by atoms with Gasteiger partial charge in [0.1, 0.15) is 0 Å². The quantitative estimate of drug-likeness (QED) is 0.662. The van der Waals surface area contributed by atoms with Gasteiger partial charge < -0.3 is 10.5 Å². The Morgan fingerprint density at radius 2 is 1.76 bits per heavy atom. The molecule has 0 aromatic carbocycles. The molecule has 0 radical (unpaired) electrons. The molecule has 0 atom stereocenters. The molecule has 21 heavy (non-hydrogen) atoms. The van der Waals surface area contributed by atoms with Crippen molar-refractivity contribution in [3.8, 4) is 5.75 Å². The van der Waals surface area contributed by atoms with Crippen LogP contribution in [0.4, 0.5) is 26.3 Å². The summed E-state index contributed by atoms with van der Waals surface area (Å²) in [6, 6.07) is -0.169. The van der Waals surface area contributed by atoms with Crippen LogP contribution in [0.3, 0.4) is 0 Å². The number of hydrogen-bond donors (Lipinski definition) is 1. The summed E-state index contributed by atoms with van der Waals surface area (Å²) in [6.45, 7) is -0.803. The molecule has 0 aliphatic rings. The van der Waals surface area contributed by atoms with Gasteiger partial charge >= 0.3 is 12.5 Å². The minimum atomic E-state index is -5.32. The molecule has 0 unspecified atom stereocenters. The van der Waals surface area contributed by atoms with Crippen LogP contribution in [-0.4, -0.2) is 19.8 Å². The van der Waals surface area contributed by atoms with Crippen LogP contribution in [0.15, 0.2) is 11.1 Å². The predicted octanol–water partition coefficient (Wildman–Crippen LogP) is 2.39. The van der Waals surface area contributed by atoms with Crippen LogP contribution in [-0.2, 0) is 21.8 Å². The molecule has 0 spiro atoms. The van der Waals surface area contributed by atoms with Crippen molar-refractivity contribution in [2.45, 2.75) is 24.1 Å². The minimum absolute atomic E-state index is 0.169. The lowest BCUT2D eigenvalue weighted by Gasteiger charge is -2.16. The summed E-state index contributed by atoms with van der Waals surface area (Å²) >= 11 is 0. The van der Waals surface area contributed by atoms with E-state index >= 15 is 0 Å². The van der Waals surface area contributed by atoms with E-state index in [1.807, 2.05) is 0 Å². The third-order valence-electron chi connectivity index (χ3n) is 1.98. The molecule has 2 N–H and O–H groups in total. The Labute approximate surface area is 118 Å². The lowest BCUT2D eigenvalue weighted by Crippen LogP contribution is -2.22. The first-order chi connectivity index (χ1) is 9.25. The van der Waals surface area contributed by atoms with Gasteiger partial charge in [-0.05, 0) is 6.07 Å². The maximum Gasteiger partial charge on any atom is 0.573 e. The maximum absolute atomic E-state index is 12.7. The average molecular weight is 359 g/mol. The summed E-state index contributed by atoms with van der Waals surface area (Å²) < 4.78 is 99.9. The first-order valence-corrected chi connectivity index (χ1v) is 7.08. The number of pyridine rings is 1. The summed E-state index contributed by atoms with van der Waals surface area (Å²) in [4.78, 5) is 2.92. The number of nitrogens with zero attached hydrogens (tertiary/aromatic N) is 1. The molecule has 1 aromatic rings. The van der Waals surface area contributed by atoms with Crippen molar-refractivity contribution in [1.82, 2.24) is 4.98 Å². The fourth-order valence-electron chi connectivity index (χ4n) is 1.26. The summed E-state index contributed by atoms with van der Waals surface area (Å²) in [6.07, 6.45) is -10.6. The Bertz CT molecular complexity index is 643. The normalized spacial score (nSPS) is 13.3. The fraction of sp³-hybridized carbons (Fsp3) is 0.375. The van der Waals surface area contributed by atoms with Gasteiger partial charge in [0.25, 0.3) is 9.05 Å². The molecule has 1 rings (SSSR count). The Balaban J connectivity index is 3.65. The molecule has 0 aliphatic heterocycles. The molecular weight excluding hydrogens is 354 g/mol. The maximum atomic E-state index is 12.7. The third-order valence-corrected chi connectivity index (χ3v) is 3.19. The number of alkyl halides is 6. The standard InChI is InChI=1S/C8H5ClF6N2O3S/c9-21(18,19)6-3(7(10,11)12)1-5(4(2-16)17-6)20-8(13,14)15/h1H,2,16H2. The number of halogens is 7. The van der Waals surface area contributed by atoms with Crippen molar-refractivity contribution in [3.05, 3.63) is 17.3 Å². The summed E-state index contributed by atoms with van der Waals surface area (Å²) in [7, 11) is -0.171. The second-order valence-electron chi connectivity index (χ2n) is 3.47. The summed E-state index contributed by atoms with van der Waals surface area (Å²) in [5.41, 5.74) is 2.17. The van der Waals surface area contributed by atoms with Crippen LogP contribution >= 0.6 is 10.7 Å². The van der Waals surface area contributed by atoms with E-state index in [9.17, 15) is 34.8 Å². The SMILES string of the molecule is NCc1nc(S(=O)(=O)Cl)c(C(F)(F)F)cc1OC(F)(F)F. The van der Waals surface area contributed by atoms with Gasteiger partial charge in [0.15, 0.2) is 10.8 Å². The van der Waals surface area contributed by atoms with Gasteiger partial charge in [-0.3, -0.25) is 0 Å². The number of rotatable bonds is 3. The molecule has 120 valence electrons. The highest BCUT2D eigenvalue weighted by atomic mass is 35.7. The summed E-state index contributed by atoms with van der Waals surface area (Å²) in [5.74, 6) is -1.36. The van der Waals surface area contributed by atoms with Crippen molar-refractivity contribution in [3.63, 3.8) is 0 Å². The van der Waals surface area contributed by atoms with E-state index in [0.717, 1.165) is 0 Å².